The lowest BCUT2D eigenvalue weighted by atomic mass is 10.2. The highest BCUT2D eigenvalue weighted by atomic mass is 35.5. The Hall–Kier alpha value is -2.15. The zero-order chi connectivity index (χ0) is 15.6. The molecule has 1 aromatic carbocycles. The monoisotopic (exact) mass is 312 g/mol. The van der Waals surface area contributed by atoms with Gasteiger partial charge in [-0.2, -0.15) is 0 Å². The third kappa shape index (κ3) is 3.30. The minimum atomic E-state index is -0.551. The van der Waals surface area contributed by atoms with Gasteiger partial charge in [-0.05, 0) is 13.0 Å². The van der Waals surface area contributed by atoms with Gasteiger partial charge < -0.3 is 9.47 Å². The molecule has 8 heteroatoms. The van der Waals surface area contributed by atoms with Crippen LogP contribution in [-0.2, 0) is 9.53 Å². The molecule has 1 aliphatic rings. The van der Waals surface area contributed by atoms with E-state index in [9.17, 15) is 14.9 Å². The number of aliphatic imine (C=N–C) groups is 1. The average molecular weight is 313 g/mol. The van der Waals surface area contributed by atoms with Gasteiger partial charge in [-0.3, -0.25) is 19.9 Å². The fraction of sp³-hybridized carbons (Fsp3) is 0.385. The summed E-state index contributed by atoms with van der Waals surface area (Å²) in [5.74, 6) is -0.365. The van der Waals surface area contributed by atoms with Crippen LogP contribution >= 0.6 is 11.6 Å². The average Bonchev–Trinajstić information content (AvgIpc) is 2.57. The molecule has 0 radical (unpaired) electrons. The van der Waals surface area contributed by atoms with Gasteiger partial charge in [-0.15, -0.1) is 0 Å². The second-order valence-corrected chi connectivity index (χ2v) is 4.88. The summed E-state index contributed by atoms with van der Waals surface area (Å²) in [6.45, 7) is 2.98. The lowest BCUT2D eigenvalue weighted by molar-refractivity contribution is -0.385. The van der Waals surface area contributed by atoms with E-state index in [-0.39, 0.29) is 23.2 Å². The molecule has 21 heavy (non-hydrogen) atoms. The van der Waals surface area contributed by atoms with Gasteiger partial charge in [0.15, 0.2) is 0 Å². The van der Waals surface area contributed by atoms with Crippen molar-refractivity contribution < 1.29 is 19.2 Å². The van der Waals surface area contributed by atoms with Crippen molar-refractivity contribution in [2.24, 2.45) is 4.99 Å². The summed E-state index contributed by atoms with van der Waals surface area (Å²) in [5, 5.41) is 11.1. The number of carbonyl (C=O) groups excluding carboxylic acids is 1. The van der Waals surface area contributed by atoms with Crippen LogP contribution in [0.4, 0.5) is 5.69 Å². The Morgan fingerprint density at radius 2 is 2.33 bits per heavy atom. The summed E-state index contributed by atoms with van der Waals surface area (Å²) in [7, 11) is 0. The Kier molecular flexibility index (Phi) is 4.42. The first-order chi connectivity index (χ1) is 9.90. The van der Waals surface area contributed by atoms with Crippen molar-refractivity contribution in [1.29, 1.82) is 0 Å². The Labute approximate surface area is 125 Å². The third-order valence-corrected chi connectivity index (χ3v) is 3.29. The Balaban J connectivity index is 2.34. The molecule has 0 N–H and O–H groups in total. The minimum Gasteiger partial charge on any atom is -0.484 e. The van der Waals surface area contributed by atoms with E-state index < -0.39 is 23.0 Å². The summed E-state index contributed by atoms with van der Waals surface area (Å²) < 4.78 is 10.5. The molecule has 1 heterocycles. The zero-order valence-corrected chi connectivity index (χ0v) is 12.2. The summed E-state index contributed by atoms with van der Waals surface area (Å²) in [6.07, 6.45) is -0.551. The summed E-state index contributed by atoms with van der Waals surface area (Å²) in [6, 6.07) is 3.90. The van der Waals surface area contributed by atoms with Crippen LogP contribution in [0.25, 0.3) is 0 Å². The van der Waals surface area contributed by atoms with E-state index in [1.165, 1.54) is 19.1 Å². The Morgan fingerprint density at radius 3 is 2.95 bits per heavy atom. The Bertz CT molecular complexity index is 617. The summed E-state index contributed by atoms with van der Waals surface area (Å²) in [5.41, 5.74) is 0.171. The van der Waals surface area contributed by atoms with Crippen molar-refractivity contribution in [3.8, 4) is 5.75 Å². The van der Waals surface area contributed by atoms with Crippen molar-refractivity contribution in [2.45, 2.75) is 26.0 Å². The molecule has 0 saturated heterocycles. The molecule has 7 nitrogen and oxygen atoms in total. The SMILES string of the molecule is CC(=O)OC(C)[C@@H]1COc2c(cccc2[N+](=O)[O-])C(Cl)=N1. The molecule has 2 rings (SSSR count). The van der Waals surface area contributed by atoms with Gasteiger partial charge in [0.1, 0.15) is 23.9 Å². The second kappa shape index (κ2) is 6.09. The van der Waals surface area contributed by atoms with Crippen molar-refractivity contribution >= 4 is 28.4 Å². The molecule has 1 unspecified atom stereocenters. The standard InChI is InChI=1S/C13H13ClN2O5/c1-7(21-8(2)17)10-6-20-12-9(13(14)15-10)4-3-5-11(12)16(18)19/h3-5,7,10H,6H2,1-2H3/t7?,10-/m0/s1. The van der Waals surface area contributed by atoms with Gasteiger partial charge >= 0.3 is 11.7 Å². The zero-order valence-electron chi connectivity index (χ0n) is 11.4. The molecule has 0 amide bonds. The first kappa shape index (κ1) is 15.2. The van der Waals surface area contributed by atoms with Gasteiger partial charge in [0.05, 0.1) is 10.5 Å². The highest BCUT2D eigenvalue weighted by Gasteiger charge is 2.29. The van der Waals surface area contributed by atoms with E-state index in [1.807, 2.05) is 0 Å². The Morgan fingerprint density at radius 1 is 1.62 bits per heavy atom. The maximum Gasteiger partial charge on any atom is 0.311 e. The number of nitrogens with zero attached hydrogens (tertiary/aromatic N) is 2. The molecule has 0 spiro atoms. The smallest absolute Gasteiger partial charge is 0.311 e. The van der Waals surface area contributed by atoms with Crippen LogP contribution in [0.3, 0.4) is 0 Å². The molecule has 0 aliphatic carbocycles. The van der Waals surface area contributed by atoms with E-state index in [1.54, 1.807) is 13.0 Å². The number of ether oxygens (including phenoxy) is 2. The van der Waals surface area contributed by atoms with Crippen molar-refractivity contribution in [3.05, 3.63) is 33.9 Å². The molecule has 0 saturated carbocycles. The normalized spacial score (nSPS) is 18.6. The van der Waals surface area contributed by atoms with E-state index in [0.717, 1.165) is 0 Å². The first-order valence-corrected chi connectivity index (χ1v) is 6.59. The van der Waals surface area contributed by atoms with Crippen LogP contribution in [-0.4, -0.2) is 34.8 Å². The molecule has 2 atom stereocenters. The van der Waals surface area contributed by atoms with E-state index >= 15 is 0 Å². The quantitative estimate of drug-likeness (QED) is 0.485. The predicted octanol–water partition coefficient (Wildman–Crippen LogP) is 2.29. The minimum absolute atomic E-state index is 0.0303. The number of nitro benzene ring substituents is 1. The number of hydrogen-bond donors (Lipinski definition) is 0. The van der Waals surface area contributed by atoms with Gasteiger partial charge in [-0.25, -0.2) is 0 Å². The maximum atomic E-state index is 11.0. The fourth-order valence-electron chi connectivity index (χ4n) is 1.98. The topological polar surface area (TPSA) is 91.0 Å². The molecule has 112 valence electrons. The van der Waals surface area contributed by atoms with Gasteiger partial charge in [0, 0.05) is 13.0 Å². The van der Waals surface area contributed by atoms with Crippen molar-refractivity contribution in [2.75, 3.05) is 6.61 Å². The van der Waals surface area contributed by atoms with E-state index in [2.05, 4.69) is 4.99 Å². The number of nitro groups is 1. The molecule has 0 bridgehead atoms. The lowest BCUT2D eigenvalue weighted by Gasteiger charge is -2.18. The van der Waals surface area contributed by atoms with Gasteiger partial charge in [-0.1, -0.05) is 17.7 Å². The van der Waals surface area contributed by atoms with Crippen LogP contribution in [0.5, 0.6) is 5.75 Å². The number of halogens is 1. The van der Waals surface area contributed by atoms with Crippen molar-refractivity contribution in [1.82, 2.24) is 0 Å². The number of carbonyl (C=O) groups is 1. The highest BCUT2D eigenvalue weighted by Crippen LogP contribution is 2.34. The van der Waals surface area contributed by atoms with Crippen LogP contribution < -0.4 is 4.74 Å². The highest BCUT2D eigenvalue weighted by molar-refractivity contribution is 6.70. The predicted molar refractivity (Wildman–Crippen MR) is 76.0 cm³/mol. The number of benzene rings is 1. The fourth-order valence-corrected chi connectivity index (χ4v) is 2.26. The van der Waals surface area contributed by atoms with Crippen LogP contribution in [0.2, 0.25) is 0 Å². The molecule has 0 aromatic heterocycles. The number of fused-ring (bicyclic) bond motifs is 1. The number of rotatable bonds is 3. The van der Waals surface area contributed by atoms with E-state index in [0.29, 0.717) is 5.56 Å². The lowest BCUT2D eigenvalue weighted by Crippen LogP contribution is -2.31. The molecule has 0 fully saturated rings. The molecule has 1 aliphatic heterocycles. The molecule has 1 aromatic rings. The third-order valence-electron chi connectivity index (χ3n) is 2.98. The largest absolute Gasteiger partial charge is 0.484 e. The number of hydrogen-bond acceptors (Lipinski definition) is 6. The molecular weight excluding hydrogens is 300 g/mol. The number of para-hydroxylation sites is 1. The number of esters is 1. The summed E-state index contributed by atoms with van der Waals surface area (Å²) in [4.78, 5) is 25.7. The second-order valence-electron chi connectivity index (χ2n) is 4.52. The molecular formula is C13H13ClN2O5. The van der Waals surface area contributed by atoms with Crippen LogP contribution in [0.15, 0.2) is 23.2 Å². The van der Waals surface area contributed by atoms with Gasteiger partial charge in [0.25, 0.3) is 0 Å². The van der Waals surface area contributed by atoms with E-state index in [4.69, 9.17) is 21.1 Å². The van der Waals surface area contributed by atoms with Gasteiger partial charge in [0.2, 0.25) is 5.75 Å². The van der Waals surface area contributed by atoms with Crippen LogP contribution in [0, 0.1) is 10.1 Å². The van der Waals surface area contributed by atoms with Crippen molar-refractivity contribution in [3.63, 3.8) is 0 Å². The summed E-state index contributed by atoms with van der Waals surface area (Å²) >= 11 is 6.11. The maximum absolute atomic E-state index is 11.0. The van der Waals surface area contributed by atoms with Crippen LogP contribution in [0.1, 0.15) is 19.4 Å². The first-order valence-electron chi connectivity index (χ1n) is 6.21.